The minimum Gasteiger partial charge on any atom is -0.467 e. The second kappa shape index (κ2) is 5.47. The zero-order valence-corrected chi connectivity index (χ0v) is 12.6. The Labute approximate surface area is 117 Å². The lowest BCUT2D eigenvalue weighted by Gasteiger charge is -2.32. The maximum absolute atomic E-state index is 12.5. The SMILES string of the molecule is CC(C)(Br)C(=O)N(Cc1ccco1)C1CCCC1. The first-order valence-corrected chi connectivity index (χ1v) is 7.30. The number of furan rings is 1. The summed E-state index contributed by atoms with van der Waals surface area (Å²) in [5.41, 5.74) is 0. The van der Waals surface area contributed by atoms with Crippen molar-refractivity contribution in [2.45, 2.75) is 56.4 Å². The van der Waals surface area contributed by atoms with Crippen LogP contribution in [0.1, 0.15) is 45.3 Å². The van der Waals surface area contributed by atoms with E-state index in [-0.39, 0.29) is 5.91 Å². The Morgan fingerprint density at radius 1 is 1.50 bits per heavy atom. The Balaban J connectivity index is 2.14. The molecule has 3 nitrogen and oxygen atoms in total. The topological polar surface area (TPSA) is 33.5 Å². The highest BCUT2D eigenvalue weighted by molar-refractivity contribution is 9.10. The highest BCUT2D eigenvalue weighted by Crippen LogP contribution is 2.29. The first kappa shape index (κ1) is 13.7. The second-order valence-electron chi connectivity index (χ2n) is 5.42. The van der Waals surface area contributed by atoms with Crippen molar-refractivity contribution in [3.05, 3.63) is 24.2 Å². The lowest BCUT2D eigenvalue weighted by molar-refractivity contribution is -0.136. The number of alkyl halides is 1. The summed E-state index contributed by atoms with van der Waals surface area (Å²) >= 11 is 3.47. The highest BCUT2D eigenvalue weighted by Gasteiger charge is 2.34. The van der Waals surface area contributed by atoms with Gasteiger partial charge in [-0.3, -0.25) is 4.79 Å². The lowest BCUT2D eigenvalue weighted by Crippen LogP contribution is -2.46. The number of amides is 1. The van der Waals surface area contributed by atoms with Crippen LogP contribution in [0.25, 0.3) is 0 Å². The monoisotopic (exact) mass is 313 g/mol. The third-order valence-electron chi connectivity index (χ3n) is 3.44. The summed E-state index contributed by atoms with van der Waals surface area (Å²) in [6, 6.07) is 4.15. The third kappa shape index (κ3) is 3.16. The molecule has 0 atom stereocenters. The molecule has 0 radical (unpaired) electrons. The van der Waals surface area contributed by atoms with E-state index in [1.165, 1.54) is 12.8 Å². The van der Waals surface area contributed by atoms with Gasteiger partial charge in [0, 0.05) is 6.04 Å². The van der Waals surface area contributed by atoms with Crippen molar-refractivity contribution in [3.8, 4) is 0 Å². The molecular formula is C14H20BrNO2. The Morgan fingerprint density at radius 3 is 2.67 bits per heavy atom. The van der Waals surface area contributed by atoms with E-state index in [9.17, 15) is 4.79 Å². The van der Waals surface area contributed by atoms with Crippen molar-refractivity contribution in [1.82, 2.24) is 4.90 Å². The predicted octanol–water partition coefficient (Wildman–Crippen LogP) is 3.72. The molecule has 2 rings (SSSR count). The van der Waals surface area contributed by atoms with Crippen LogP contribution in [-0.4, -0.2) is 21.2 Å². The molecule has 1 saturated carbocycles. The van der Waals surface area contributed by atoms with Gasteiger partial charge in [0.2, 0.25) is 5.91 Å². The minimum atomic E-state index is -0.512. The summed E-state index contributed by atoms with van der Waals surface area (Å²) in [5, 5.41) is 0. The van der Waals surface area contributed by atoms with E-state index in [0.717, 1.165) is 18.6 Å². The number of carbonyl (C=O) groups is 1. The molecule has 0 N–H and O–H groups in total. The predicted molar refractivity (Wildman–Crippen MR) is 74.5 cm³/mol. The summed E-state index contributed by atoms with van der Waals surface area (Å²) in [4.78, 5) is 14.5. The normalized spacial score (nSPS) is 17.1. The lowest BCUT2D eigenvalue weighted by atomic mass is 10.1. The molecule has 1 heterocycles. The molecular weight excluding hydrogens is 294 g/mol. The van der Waals surface area contributed by atoms with Gasteiger partial charge in [0.25, 0.3) is 0 Å². The minimum absolute atomic E-state index is 0.144. The van der Waals surface area contributed by atoms with Gasteiger partial charge in [0.15, 0.2) is 0 Å². The fourth-order valence-electron chi connectivity index (χ4n) is 2.49. The second-order valence-corrected chi connectivity index (χ2v) is 7.41. The molecule has 1 aliphatic carbocycles. The quantitative estimate of drug-likeness (QED) is 0.794. The third-order valence-corrected chi connectivity index (χ3v) is 3.78. The van der Waals surface area contributed by atoms with Crippen LogP contribution in [-0.2, 0) is 11.3 Å². The van der Waals surface area contributed by atoms with Gasteiger partial charge < -0.3 is 9.32 Å². The largest absolute Gasteiger partial charge is 0.467 e. The molecule has 18 heavy (non-hydrogen) atoms. The van der Waals surface area contributed by atoms with E-state index in [1.54, 1.807) is 6.26 Å². The van der Waals surface area contributed by atoms with E-state index in [1.807, 2.05) is 30.9 Å². The summed E-state index contributed by atoms with van der Waals surface area (Å²) < 4.78 is 4.87. The average Bonchev–Trinajstić information content (AvgIpc) is 2.96. The molecule has 0 spiro atoms. The van der Waals surface area contributed by atoms with Gasteiger partial charge in [-0.1, -0.05) is 28.8 Å². The molecule has 1 aliphatic rings. The molecule has 1 aromatic heterocycles. The van der Waals surface area contributed by atoms with Crippen LogP contribution in [0.2, 0.25) is 0 Å². The van der Waals surface area contributed by atoms with Crippen LogP contribution in [0.4, 0.5) is 0 Å². The summed E-state index contributed by atoms with van der Waals surface area (Å²) in [6.45, 7) is 4.38. The van der Waals surface area contributed by atoms with Gasteiger partial charge in [-0.15, -0.1) is 0 Å². The Kier molecular flexibility index (Phi) is 4.15. The summed E-state index contributed by atoms with van der Waals surface area (Å²) in [7, 11) is 0. The molecule has 0 aliphatic heterocycles. The Morgan fingerprint density at radius 2 is 2.17 bits per heavy atom. The van der Waals surface area contributed by atoms with Crippen LogP contribution in [0.5, 0.6) is 0 Å². The van der Waals surface area contributed by atoms with Crippen LogP contribution in [0.15, 0.2) is 22.8 Å². The molecule has 1 amide bonds. The van der Waals surface area contributed by atoms with Crippen molar-refractivity contribution in [2.75, 3.05) is 0 Å². The Hall–Kier alpha value is -0.770. The maximum atomic E-state index is 12.5. The molecule has 0 unspecified atom stereocenters. The zero-order valence-electron chi connectivity index (χ0n) is 11.0. The van der Waals surface area contributed by atoms with Crippen LogP contribution < -0.4 is 0 Å². The smallest absolute Gasteiger partial charge is 0.239 e. The molecule has 1 fully saturated rings. The number of carbonyl (C=O) groups excluding carboxylic acids is 1. The fraction of sp³-hybridized carbons (Fsp3) is 0.643. The first-order chi connectivity index (χ1) is 8.48. The Bertz CT molecular complexity index is 388. The van der Waals surface area contributed by atoms with Gasteiger partial charge in [-0.05, 0) is 38.8 Å². The molecule has 4 heteroatoms. The van der Waals surface area contributed by atoms with Crippen LogP contribution in [0, 0.1) is 0 Å². The van der Waals surface area contributed by atoms with Crippen molar-refractivity contribution < 1.29 is 9.21 Å². The molecule has 1 aromatic rings. The zero-order chi connectivity index (χ0) is 13.2. The standard InChI is InChI=1S/C14H20BrNO2/c1-14(2,15)13(17)16(11-6-3-4-7-11)10-12-8-5-9-18-12/h5,8-9,11H,3-4,6-7,10H2,1-2H3. The van der Waals surface area contributed by atoms with E-state index < -0.39 is 4.32 Å². The average molecular weight is 314 g/mol. The summed E-state index contributed by atoms with van der Waals surface area (Å²) in [6.07, 6.45) is 6.31. The molecule has 100 valence electrons. The van der Waals surface area contributed by atoms with E-state index >= 15 is 0 Å². The van der Waals surface area contributed by atoms with Gasteiger partial charge in [-0.2, -0.15) is 0 Å². The van der Waals surface area contributed by atoms with Crippen LogP contribution in [0.3, 0.4) is 0 Å². The van der Waals surface area contributed by atoms with Crippen molar-refractivity contribution >= 4 is 21.8 Å². The maximum Gasteiger partial charge on any atom is 0.239 e. The van der Waals surface area contributed by atoms with Crippen LogP contribution >= 0.6 is 15.9 Å². The van der Waals surface area contributed by atoms with Crippen molar-refractivity contribution in [2.24, 2.45) is 0 Å². The number of halogens is 1. The number of nitrogens with zero attached hydrogens (tertiary/aromatic N) is 1. The molecule has 0 saturated heterocycles. The van der Waals surface area contributed by atoms with Gasteiger partial charge in [0.05, 0.1) is 17.1 Å². The van der Waals surface area contributed by atoms with Crippen molar-refractivity contribution in [1.29, 1.82) is 0 Å². The first-order valence-electron chi connectivity index (χ1n) is 6.51. The number of hydrogen-bond donors (Lipinski definition) is 0. The highest BCUT2D eigenvalue weighted by atomic mass is 79.9. The van der Waals surface area contributed by atoms with Gasteiger partial charge in [-0.25, -0.2) is 0 Å². The number of hydrogen-bond acceptors (Lipinski definition) is 2. The number of rotatable bonds is 4. The van der Waals surface area contributed by atoms with E-state index in [0.29, 0.717) is 12.6 Å². The van der Waals surface area contributed by atoms with Gasteiger partial charge >= 0.3 is 0 Å². The van der Waals surface area contributed by atoms with Gasteiger partial charge in [0.1, 0.15) is 5.76 Å². The van der Waals surface area contributed by atoms with E-state index in [2.05, 4.69) is 15.9 Å². The molecule has 0 bridgehead atoms. The van der Waals surface area contributed by atoms with E-state index in [4.69, 9.17) is 4.42 Å². The van der Waals surface area contributed by atoms with Crippen molar-refractivity contribution in [3.63, 3.8) is 0 Å². The molecule has 0 aromatic carbocycles. The summed E-state index contributed by atoms with van der Waals surface area (Å²) in [5.74, 6) is 0.998. The fourth-order valence-corrected chi connectivity index (χ4v) is 2.72.